The highest BCUT2D eigenvalue weighted by Crippen LogP contribution is 2.24. The molecule has 1 atom stereocenters. The molecule has 0 aliphatic carbocycles. The number of ether oxygens (including phenoxy) is 2. The third-order valence-electron chi connectivity index (χ3n) is 3.54. The van der Waals surface area contributed by atoms with E-state index in [1.54, 1.807) is 11.8 Å². The number of rotatable bonds is 4. The standard InChI is InChI=1S/C17H16N2O3/c1-21-14-9-8-13-11-19(18-15(13)10-14)16(17(20)22-2)12-6-4-3-5-7-12/h3-11,16H,1-2H3. The fourth-order valence-electron chi connectivity index (χ4n) is 2.42. The van der Waals surface area contributed by atoms with Gasteiger partial charge in [0.1, 0.15) is 5.75 Å². The van der Waals surface area contributed by atoms with E-state index in [-0.39, 0.29) is 5.97 Å². The molecule has 3 rings (SSSR count). The van der Waals surface area contributed by atoms with Crippen LogP contribution in [0.1, 0.15) is 11.6 Å². The lowest BCUT2D eigenvalue weighted by atomic mass is 10.1. The number of nitrogens with zero attached hydrogens (tertiary/aromatic N) is 2. The van der Waals surface area contributed by atoms with Gasteiger partial charge >= 0.3 is 5.97 Å². The van der Waals surface area contributed by atoms with Crippen LogP contribution in [0.15, 0.2) is 54.7 Å². The van der Waals surface area contributed by atoms with Crippen LogP contribution >= 0.6 is 0 Å². The number of methoxy groups -OCH3 is 2. The van der Waals surface area contributed by atoms with Crippen molar-refractivity contribution in [2.45, 2.75) is 6.04 Å². The quantitative estimate of drug-likeness (QED) is 0.695. The summed E-state index contributed by atoms with van der Waals surface area (Å²) in [5, 5.41) is 5.44. The largest absolute Gasteiger partial charge is 0.497 e. The fraction of sp³-hybridized carbons (Fsp3) is 0.176. The van der Waals surface area contributed by atoms with Gasteiger partial charge < -0.3 is 9.47 Å². The van der Waals surface area contributed by atoms with Gasteiger partial charge in [-0.2, -0.15) is 5.10 Å². The molecule has 0 saturated carbocycles. The fourth-order valence-corrected chi connectivity index (χ4v) is 2.42. The first kappa shape index (κ1) is 14.1. The maximum atomic E-state index is 12.2. The number of carbonyl (C=O) groups is 1. The zero-order valence-electron chi connectivity index (χ0n) is 12.4. The molecule has 5 nitrogen and oxygen atoms in total. The Morgan fingerprint density at radius 3 is 2.59 bits per heavy atom. The Morgan fingerprint density at radius 2 is 1.91 bits per heavy atom. The van der Waals surface area contributed by atoms with Crippen molar-refractivity contribution in [1.82, 2.24) is 9.78 Å². The van der Waals surface area contributed by atoms with E-state index >= 15 is 0 Å². The van der Waals surface area contributed by atoms with Crippen LogP contribution in [0, 0.1) is 0 Å². The molecule has 3 aromatic rings. The van der Waals surface area contributed by atoms with Crippen molar-refractivity contribution in [2.75, 3.05) is 14.2 Å². The average Bonchev–Trinajstić information content (AvgIpc) is 2.98. The van der Waals surface area contributed by atoms with Gasteiger partial charge in [0, 0.05) is 17.6 Å². The zero-order chi connectivity index (χ0) is 15.5. The first-order valence-corrected chi connectivity index (χ1v) is 6.88. The molecule has 22 heavy (non-hydrogen) atoms. The third-order valence-corrected chi connectivity index (χ3v) is 3.54. The molecule has 0 fully saturated rings. The highest BCUT2D eigenvalue weighted by molar-refractivity contribution is 5.82. The first-order valence-electron chi connectivity index (χ1n) is 6.88. The Balaban J connectivity index is 2.10. The highest BCUT2D eigenvalue weighted by Gasteiger charge is 2.24. The monoisotopic (exact) mass is 296 g/mol. The summed E-state index contributed by atoms with van der Waals surface area (Å²) in [5.74, 6) is 0.373. The molecule has 1 unspecified atom stereocenters. The summed E-state index contributed by atoms with van der Waals surface area (Å²) in [7, 11) is 2.99. The van der Waals surface area contributed by atoms with Crippen LogP contribution in [0.3, 0.4) is 0 Å². The number of carbonyl (C=O) groups excluding carboxylic acids is 1. The summed E-state index contributed by atoms with van der Waals surface area (Å²) < 4.78 is 11.8. The van der Waals surface area contributed by atoms with Crippen molar-refractivity contribution in [3.05, 3.63) is 60.3 Å². The van der Waals surface area contributed by atoms with Crippen molar-refractivity contribution >= 4 is 16.9 Å². The summed E-state index contributed by atoms with van der Waals surface area (Å²) >= 11 is 0. The highest BCUT2D eigenvalue weighted by atomic mass is 16.5. The van der Waals surface area contributed by atoms with Gasteiger partial charge in [0.15, 0.2) is 6.04 Å². The number of esters is 1. The average molecular weight is 296 g/mol. The number of benzene rings is 2. The Hall–Kier alpha value is -2.82. The predicted octanol–water partition coefficient (Wildman–Crippen LogP) is 2.81. The van der Waals surface area contributed by atoms with Crippen molar-refractivity contribution < 1.29 is 14.3 Å². The van der Waals surface area contributed by atoms with Crippen LogP contribution in [0.5, 0.6) is 5.75 Å². The summed E-state index contributed by atoms with van der Waals surface area (Å²) in [6, 6.07) is 14.5. The van der Waals surface area contributed by atoms with Gasteiger partial charge in [-0.1, -0.05) is 30.3 Å². The van der Waals surface area contributed by atoms with Crippen LogP contribution in [-0.4, -0.2) is 30.0 Å². The molecular weight excluding hydrogens is 280 g/mol. The molecule has 0 N–H and O–H groups in total. The lowest BCUT2D eigenvalue weighted by Gasteiger charge is -2.15. The van der Waals surface area contributed by atoms with Gasteiger partial charge in [0.2, 0.25) is 0 Å². The molecular formula is C17H16N2O3. The molecule has 1 heterocycles. The minimum absolute atomic E-state index is 0.356. The molecule has 2 aromatic carbocycles. The smallest absolute Gasteiger partial charge is 0.335 e. The number of hydrogen-bond acceptors (Lipinski definition) is 4. The van der Waals surface area contributed by atoms with Crippen molar-refractivity contribution in [1.29, 1.82) is 0 Å². The van der Waals surface area contributed by atoms with Crippen molar-refractivity contribution in [3.63, 3.8) is 0 Å². The number of hydrogen-bond donors (Lipinski definition) is 0. The first-order chi connectivity index (χ1) is 10.7. The minimum atomic E-state index is -0.607. The van der Waals surface area contributed by atoms with Gasteiger partial charge in [0.25, 0.3) is 0 Å². The second-order valence-corrected chi connectivity index (χ2v) is 4.87. The van der Waals surface area contributed by atoms with Crippen molar-refractivity contribution in [3.8, 4) is 5.75 Å². The molecule has 0 radical (unpaired) electrons. The van der Waals surface area contributed by atoms with Gasteiger partial charge in [-0.3, -0.25) is 4.68 Å². The third kappa shape index (κ3) is 2.53. The van der Waals surface area contributed by atoms with E-state index in [9.17, 15) is 4.79 Å². The van der Waals surface area contributed by atoms with E-state index in [1.807, 2.05) is 54.7 Å². The zero-order valence-corrected chi connectivity index (χ0v) is 12.4. The second-order valence-electron chi connectivity index (χ2n) is 4.87. The van der Waals surface area contributed by atoms with E-state index in [0.29, 0.717) is 0 Å². The molecule has 0 aliphatic rings. The van der Waals surface area contributed by atoms with E-state index < -0.39 is 6.04 Å². The topological polar surface area (TPSA) is 53.4 Å². The summed E-state index contributed by atoms with van der Waals surface area (Å²) in [5.41, 5.74) is 1.60. The maximum absolute atomic E-state index is 12.2. The van der Waals surface area contributed by atoms with Crippen LogP contribution in [0.4, 0.5) is 0 Å². The lowest BCUT2D eigenvalue weighted by molar-refractivity contribution is -0.143. The molecule has 0 spiro atoms. The van der Waals surface area contributed by atoms with Gasteiger partial charge in [-0.05, 0) is 17.7 Å². The second kappa shape index (κ2) is 5.89. The normalized spacial score (nSPS) is 12.1. The molecule has 0 bridgehead atoms. The van der Waals surface area contributed by atoms with Crippen molar-refractivity contribution in [2.24, 2.45) is 0 Å². The molecule has 0 saturated heterocycles. The Labute approximate surface area is 128 Å². The predicted molar refractivity (Wildman–Crippen MR) is 82.9 cm³/mol. The summed E-state index contributed by atoms with van der Waals surface area (Å²) in [4.78, 5) is 12.2. The number of fused-ring (bicyclic) bond motifs is 1. The minimum Gasteiger partial charge on any atom is -0.497 e. The Bertz CT molecular complexity index is 796. The Morgan fingerprint density at radius 1 is 1.14 bits per heavy atom. The van der Waals surface area contributed by atoms with E-state index in [0.717, 1.165) is 22.2 Å². The van der Waals surface area contributed by atoms with Gasteiger partial charge in [0.05, 0.1) is 19.7 Å². The van der Waals surface area contributed by atoms with Crippen LogP contribution in [0.2, 0.25) is 0 Å². The maximum Gasteiger partial charge on any atom is 0.335 e. The molecule has 112 valence electrons. The van der Waals surface area contributed by atoms with Gasteiger partial charge in [-0.25, -0.2) is 4.79 Å². The number of aromatic nitrogens is 2. The SMILES string of the molecule is COC(=O)C(c1ccccc1)n1cc2ccc(OC)cc2n1. The van der Waals surface area contributed by atoms with Gasteiger partial charge in [-0.15, -0.1) is 0 Å². The summed E-state index contributed by atoms with van der Waals surface area (Å²) in [6.07, 6.45) is 1.84. The van der Waals surface area contributed by atoms with Crippen LogP contribution in [-0.2, 0) is 9.53 Å². The van der Waals surface area contributed by atoms with Crippen LogP contribution in [0.25, 0.3) is 10.9 Å². The summed E-state index contributed by atoms with van der Waals surface area (Å²) in [6.45, 7) is 0. The van der Waals surface area contributed by atoms with Crippen LogP contribution < -0.4 is 4.74 Å². The molecule has 0 amide bonds. The van der Waals surface area contributed by atoms with E-state index in [1.165, 1.54) is 7.11 Å². The van der Waals surface area contributed by atoms with E-state index in [2.05, 4.69) is 5.10 Å². The van der Waals surface area contributed by atoms with E-state index in [4.69, 9.17) is 9.47 Å². The Kier molecular flexibility index (Phi) is 3.78. The molecule has 0 aliphatic heterocycles. The lowest BCUT2D eigenvalue weighted by Crippen LogP contribution is -2.22. The molecule has 5 heteroatoms. The molecule has 1 aromatic heterocycles.